The molecule has 0 saturated heterocycles. The highest BCUT2D eigenvalue weighted by Gasteiger charge is 2.00. The van der Waals surface area contributed by atoms with E-state index in [0.717, 1.165) is 51.4 Å². The summed E-state index contributed by atoms with van der Waals surface area (Å²) in [5.41, 5.74) is 1.65. The van der Waals surface area contributed by atoms with Crippen LogP contribution in [-0.2, 0) is 4.79 Å². The Morgan fingerprint density at radius 1 is 1.00 bits per heavy atom. The van der Waals surface area contributed by atoms with Crippen LogP contribution in [0.3, 0.4) is 0 Å². The number of aliphatic hydroxyl groups excluding tert-OH is 1. The zero-order valence-corrected chi connectivity index (χ0v) is 14.2. The molecule has 0 aromatic heterocycles. The van der Waals surface area contributed by atoms with Crippen LogP contribution >= 0.6 is 0 Å². The smallest absolute Gasteiger partial charge is 0.243 e. The van der Waals surface area contributed by atoms with Crippen molar-refractivity contribution in [1.82, 2.24) is 5.48 Å². The van der Waals surface area contributed by atoms with E-state index in [4.69, 9.17) is 5.21 Å². The first-order valence-electron chi connectivity index (χ1n) is 8.96. The molecule has 0 aromatic rings. The maximum absolute atomic E-state index is 10.8. The van der Waals surface area contributed by atoms with Crippen LogP contribution in [0.5, 0.6) is 0 Å². The lowest BCUT2D eigenvalue weighted by Gasteiger charge is -2.07. The summed E-state index contributed by atoms with van der Waals surface area (Å²) in [6.07, 6.45) is 17.5. The third-order valence-electron chi connectivity index (χ3n) is 3.87. The van der Waals surface area contributed by atoms with Gasteiger partial charge in [-0.1, -0.05) is 64.0 Å². The van der Waals surface area contributed by atoms with Crippen LogP contribution in [0.15, 0.2) is 12.2 Å². The number of carbonyl (C=O) groups is 1. The van der Waals surface area contributed by atoms with Crippen molar-refractivity contribution in [1.29, 1.82) is 0 Å². The number of rotatable bonds is 15. The molecule has 0 heterocycles. The van der Waals surface area contributed by atoms with E-state index in [1.165, 1.54) is 25.7 Å². The van der Waals surface area contributed by atoms with E-state index in [0.29, 0.717) is 6.42 Å². The molecule has 0 aliphatic rings. The topological polar surface area (TPSA) is 69.6 Å². The number of hydrogen-bond donors (Lipinski definition) is 3. The number of carbonyl (C=O) groups excluding carboxylic acids is 1. The van der Waals surface area contributed by atoms with Crippen molar-refractivity contribution in [2.75, 3.05) is 0 Å². The molecule has 0 bridgehead atoms. The summed E-state index contributed by atoms with van der Waals surface area (Å²) in [6, 6.07) is 0. The van der Waals surface area contributed by atoms with E-state index in [1.807, 2.05) is 0 Å². The number of nitrogens with one attached hydrogen (secondary N) is 1. The molecule has 0 saturated carbocycles. The molecule has 1 amide bonds. The molecule has 0 spiro atoms. The molecule has 0 fully saturated rings. The molecule has 1 atom stereocenters. The maximum Gasteiger partial charge on any atom is 0.243 e. The third kappa shape index (κ3) is 15.5. The van der Waals surface area contributed by atoms with E-state index >= 15 is 0 Å². The molecular weight excluding hydrogens is 278 g/mol. The molecule has 130 valence electrons. The van der Waals surface area contributed by atoms with Gasteiger partial charge >= 0.3 is 0 Å². The third-order valence-corrected chi connectivity index (χ3v) is 3.87. The Morgan fingerprint density at radius 3 is 2.41 bits per heavy atom. The van der Waals surface area contributed by atoms with Gasteiger partial charge in [-0.2, -0.15) is 0 Å². The predicted molar refractivity (Wildman–Crippen MR) is 90.8 cm³/mol. The molecule has 0 aliphatic heterocycles. The minimum atomic E-state index is -0.295. The van der Waals surface area contributed by atoms with Gasteiger partial charge < -0.3 is 5.11 Å². The number of hydroxylamine groups is 1. The van der Waals surface area contributed by atoms with Gasteiger partial charge in [0, 0.05) is 6.42 Å². The summed E-state index contributed by atoms with van der Waals surface area (Å²) in [4.78, 5) is 10.8. The van der Waals surface area contributed by atoms with Gasteiger partial charge in [0.15, 0.2) is 0 Å². The van der Waals surface area contributed by atoms with Crippen molar-refractivity contribution < 1.29 is 15.1 Å². The molecule has 0 aliphatic carbocycles. The molecule has 0 radical (unpaired) electrons. The van der Waals surface area contributed by atoms with E-state index in [-0.39, 0.29) is 12.0 Å². The monoisotopic (exact) mass is 313 g/mol. The van der Waals surface area contributed by atoms with E-state index in [9.17, 15) is 9.90 Å². The average Bonchev–Trinajstić information content (AvgIpc) is 2.53. The molecule has 22 heavy (non-hydrogen) atoms. The largest absolute Gasteiger partial charge is 0.393 e. The fraction of sp³-hybridized carbons (Fsp3) is 0.833. The highest BCUT2D eigenvalue weighted by atomic mass is 16.5. The van der Waals surface area contributed by atoms with Gasteiger partial charge in [0.25, 0.3) is 0 Å². The minimum absolute atomic E-state index is 0.175. The average molecular weight is 313 g/mol. The molecule has 3 N–H and O–H groups in total. The Morgan fingerprint density at radius 2 is 1.68 bits per heavy atom. The molecule has 4 nitrogen and oxygen atoms in total. The summed E-state index contributed by atoms with van der Waals surface area (Å²) in [6.45, 7) is 2.20. The highest BCUT2D eigenvalue weighted by molar-refractivity contribution is 5.74. The molecule has 0 rings (SSSR count). The van der Waals surface area contributed by atoms with Crippen LogP contribution in [0, 0.1) is 0 Å². The first kappa shape index (κ1) is 21.1. The van der Waals surface area contributed by atoms with Crippen LogP contribution in [-0.4, -0.2) is 22.3 Å². The lowest BCUT2D eigenvalue weighted by Crippen LogP contribution is -2.17. The van der Waals surface area contributed by atoms with Crippen molar-refractivity contribution in [3.63, 3.8) is 0 Å². The van der Waals surface area contributed by atoms with Gasteiger partial charge in [0.05, 0.1) is 6.10 Å². The van der Waals surface area contributed by atoms with E-state index < -0.39 is 0 Å². The number of unbranched alkanes of at least 4 members (excludes halogenated alkanes) is 8. The molecule has 0 unspecified atom stereocenters. The number of hydrogen-bond acceptors (Lipinski definition) is 3. The normalized spacial score (nSPS) is 12.7. The second-order valence-electron chi connectivity index (χ2n) is 6.05. The van der Waals surface area contributed by atoms with Crippen LogP contribution in [0.4, 0.5) is 0 Å². The van der Waals surface area contributed by atoms with Gasteiger partial charge in [-0.3, -0.25) is 10.0 Å². The zero-order chi connectivity index (χ0) is 16.5. The Kier molecular flexibility index (Phi) is 15.8. The summed E-state index contributed by atoms with van der Waals surface area (Å²) in [5, 5.41) is 18.2. The second kappa shape index (κ2) is 16.5. The lowest BCUT2D eigenvalue weighted by molar-refractivity contribution is -0.129. The number of aliphatic hydroxyl groups is 1. The second-order valence-corrected chi connectivity index (χ2v) is 6.05. The fourth-order valence-corrected chi connectivity index (χ4v) is 2.43. The van der Waals surface area contributed by atoms with Crippen LogP contribution in [0.2, 0.25) is 0 Å². The number of allylic oxidation sites excluding steroid dienone is 1. The van der Waals surface area contributed by atoms with Crippen molar-refractivity contribution in [3.05, 3.63) is 12.2 Å². The van der Waals surface area contributed by atoms with Crippen molar-refractivity contribution in [2.24, 2.45) is 0 Å². The first-order chi connectivity index (χ1) is 10.7. The van der Waals surface area contributed by atoms with E-state index in [2.05, 4.69) is 19.1 Å². The molecule has 0 aromatic carbocycles. The first-order valence-corrected chi connectivity index (χ1v) is 8.96. The molecular formula is C18H35NO3. The summed E-state index contributed by atoms with van der Waals surface area (Å²) in [5.74, 6) is -0.295. The van der Waals surface area contributed by atoms with Crippen molar-refractivity contribution in [3.8, 4) is 0 Å². The van der Waals surface area contributed by atoms with Gasteiger partial charge in [-0.25, -0.2) is 5.48 Å². The van der Waals surface area contributed by atoms with Crippen LogP contribution in [0.1, 0.15) is 90.4 Å². The SMILES string of the molecule is CCCCCC[C@@H](O)C/C=C\CCCCCCCC(=O)NO. The fourth-order valence-electron chi connectivity index (χ4n) is 2.43. The lowest BCUT2D eigenvalue weighted by atomic mass is 10.1. The Balaban J connectivity index is 3.28. The Hall–Kier alpha value is -0.870. The summed E-state index contributed by atoms with van der Waals surface area (Å²) < 4.78 is 0. The maximum atomic E-state index is 10.8. The summed E-state index contributed by atoms with van der Waals surface area (Å²) in [7, 11) is 0. The van der Waals surface area contributed by atoms with Crippen LogP contribution in [0.25, 0.3) is 0 Å². The predicted octanol–water partition coefficient (Wildman–Crippen LogP) is 4.50. The van der Waals surface area contributed by atoms with Gasteiger partial charge in [-0.15, -0.1) is 0 Å². The Bertz CT molecular complexity index is 280. The Labute approximate surface area is 136 Å². The molecule has 4 heteroatoms. The van der Waals surface area contributed by atoms with E-state index in [1.54, 1.807) is 5.48 Å². The summed E-state index contributed by atoms with van der Waals surface area (Å²) >= 11 is 0. The van der Waals surface area contributed by atoms with Crippen molar-refractivity contribution >= 4 is 5.91 Å². The van der Waals surface area contributed by atoms with Crippen molar-refractivity contribution in [2.45, 2.75) is 96.5 Å². The number of amides is 1. The zero-order valence-electron chi connectivity index (χ0n) is 14.2. The van der Waals surface area contributed by atoms with Gasteiger partial charge in [0.1, 0.15) is 0 Å². The quantitative estimate of drug-likeness (QED) is 0.180. The highest BCUT2D eigenvalue weighted by Crippen LogP contribution is 2.10. The van der Waals surface area contributed by atoms with Gasteiger partial charge in [0.2, 0.25) is 5.91 Å². The minimum Gasteiger partial charge on any atom is -0.393 e. The van der Waals surface area contributed by atoms with Crippen LogP contribution < -0.4 is 5.48 Å². The standard InChI is InChI=1S/C18H35NO3/c1-2-3-4-11-14-17(20)15-12-9-7-5-6-8-10-13-16-18(21)19-22/h9,12,17,20,22H,2-8,10-11,13-16H2,1H3,(H,19,21)/b12-9-/t17-/m1/s1. The van der Waals surface area contributed by atoms with Gasteiger partial charge in [-0.05, 0) is 32.1 Å².